The zero-order valence-corrected chi connectivity index (χ0v) is 11.1. The van der Waals surface area contributed by atoms with Crippen molar-refractivity contribution in [3.63, 3.8) is 0 Å². The van der Waals surface area contributed by atoms with E-state index in [1.165, 1.54) is 6.07 Å². The van der Waals surface area contributed by atoms with Crippen molar-refractivity contribution in [1.29, 1.82) is 0 Å². The van der Waals surface area contributed by atoms with Gasteiger partial charge in [0.25, 0.3) is 0 Å². The van der Waals surface area contributed by atoms with Crippen LogP contribution < -0.4 is 5.73 Å². The van der Waals surface area contributed by atoms with Crippen LogP contribution in [0, 0.1) is 11.7 Å². The Morgan fingerprint density at radius 1 is 1.35 bits per heavy atom. The second-order valence-corrected chi connectivity index (χ2v) is 5.02. The van der Waals surface area contributed by atoms with E-state index >= 15 is 0 Å². The molecule has 0 aromatic heterocycles. The van der Waals surface area contributed by atoms with Crippen molar-refractivity contribution in [3.8, 4) is 0 Å². The third-order valence-electron chi connectivity index (χ3n) is 3.48. The molecule has 1 aromatic rings. The molecule has 0 radical (unpaired) electrons. The van der Waals surface area contributed by atoms with Gasteiger partial charge in [-0.25, -0.2) is 4.39 Å². The lowest BCUT2D eigenvalue weighted by Gasteiger charge is -2.24. The summed E-state index contributed by atoms with van der Waals surface area (Å²) in [6.45, 7) is 2.30. The summed E-state index contributed by atoms with van der Waals surface area (Å²) >= 11 is 0. The van der Waals surface area contributed by atoms with Crippen LogP contribution in [-0.4, -0.2) is 12.7 Å². The highest BCUT2D eigenvalue weighted by Crippen LogP contribution is 2.40. The van der Waals surface area contributed by atoms with Gasteiger partial charge in [-0.15, -0.1) is 0 Å². The lowest BCUT2D eigenvalue weighted by atomic mass is 9.97. The first-order valence-corrected chi connectivity index (χ1v) is 6.58. The summed E-state index contributed by atoms with van der Waals surface area (Å²) < 4.78 is 56.6. The fourth-order valence-electron chi connectivity index (χ4n) is 2.31. The van der Waals surface area contributed by atoms with Gasteiger partial charge < -0.3 is 10.5 Å². The molecule has 1 saturated carbocycles. The Morgan fingerprint density at radius 2 is 2.00 bits per heavy atom. The molecule has 2 N–H and O–H groups in total. The van der Waals surface area contributed by atoms with E-state index in [2.05, 4.69) is 0 Å². The smallest absolute Gasteiger partial charge is 0.376 e. The van der Waals surface area contributed by atoms with Crippen LogP contribution in [0.3, 0.4) is 0 Å². The Balaban J connectivity index is 2.21. The maximum Gasteiger partial charge on any atom is 0.419 e. The van der Waals surface area contributed by atoms with Crippen LogP contribution in [0.2, 0.25) is 0 Å². The third-order valence-corrected chi connectivity index (χ3v) is 3.48. The van der Waals surface area contributed by atoms with E-state index in [0.717, 1.165) is 25.0 Å². The van der Waals surface area contributed by atoms with Crippen LogP contribution in [0.4, 0.5) is 17.6 Å². The molecule has 2 rings (SSSR count). The molecule has 0 amide bonds. The molecule has 1 fully saturated rings. The Hall–Kier alpha value is -1.14. The molecule has 0 heterocycles. The highest BCUT2D eigenvalue weighted by Gasteiger charge is 2.38. The van der Waals surface area contributed by atoms with Crippen LogP contribution in [-0.2, 0) is 10.9 Å². The molecule has 0 bridgehead atoms. The lowest BCUT2D eigenvalue weighted by molar-refractivity contribution is -0.140. The molecule has 2 unspecified atom stereocenters. The van der Waals surface area contributed by atoms with Gasteiger partial charge in [0.2, 0.25) is 0 Å². The molecule has 1 aliphatic rings. The average Bonchev–Trinajstić information content (AvgIpc) is 3.17. The molecule has 2 atom stereocenters. The molecule has 0 saturated heterocycles. The molecule has 112 valence electrons. The number of rotatable bonds is 5. The SMILES string of the molecule is CCOC(C1CC1)C(N)c1ccc(C(F)(F)F)c(F)c1. The van der Waals surface area contributed by atoms with E-state index in [9.17, 15) is 17.6 Å². The van der Waals surface area contributed by atoms with Crippen molar-refractivity contribution < 1.29 is 22.3 Å². The largest absolute Gasteiger partial charge is 0.419 e. The van der Waals surface area contributed by atoms with Crippen molar-refractivity contribution in [1.82, 2.24) is 0 Å². The number of hydrogen-bond acceptors (Lipinski definition) is 2. The summed E-state index contributed by atoms with van der Waals surface area (Å²) in [7, 11) is 0. The van der Waals surface area contributed by atoms with E-state index in [0.29, 0.717) is 18.1 Å². The molecule has 1 aromatic carbocycles. The minimum atomic E-state index is -4.69. The van der Waals surface area contributed by atoms with Crippen LogP contribution >= 0.6 is 0 Å². The van der Waals surface area contributed by atoms with Crippen LogP contribution in [0.1, 0.15) is 36.9 Å². The highest BCUT2D eigenvalue weighted by atomic mass is 19.4. The Kier molecular flexibility index (Phi) is 4.34. The number of ether oxygens (including phenoxy) is 1. The van der Waals surface area contributed by atoms with Crippen molar-refractivity contribution >= 4 is 0 Å². The zero-order valence-electron chi connectivity index (χ0n) is 11.1. The topological polar surface area (TPSA) is 35.2 Å². The molecule has 6 heteroatoms. The van der Waals surface area contributed by atoms with E-state index in [-0.39, 0.29) is 6.10 Å². The Bertz CT molecular complexity index is 471. The van der Waals surface area contributed by atoms with Gasteiger partial charge in [-0.2, -0.15) is 13.2 Å². The second-order valence-electron chi connectivity index (χ2n) is 5.02. The van der Waals surface area contributed by atoms with Gasteiger partial charge in [0.05, 0.1) is 17.7 Å². The van der Waals surface area contributed by atoms with E-state index < -0.39 is 23.6 Å². The van der Waals surface area contributed by atoms with E-state index in [1.807, 2.05) is 6.92 Å². The van der Waals surface area contributed by atoms with Crippen molar-refractivity contribution in [2.45, 2.75) is 38.1 Å². The predicted molar refractivity (Wildman–Crippen MR) is 66.5 cm³/mol. The van der Waals surface area contributed by atoms with Gasteiger partial charge in [-0.1, -0.05) is 6.07 Å². The molecular formula is C14H17F4NO. The van der Waals surface area contributed by atoms with E-state index in [1.54, 1.807) is 0 Å². The summed E-state index contributed by atoms with van der Waals surface area (Å²) in [6, 6.07) is 2.21. The molecule has 0 spiro atoms. The first-order valence-electron chi connectivity index (χ1n) is 6.58. The lowest BCUT2D eigenvalue weighted by Crippen LogP contribution is -2.31. The minimum absolute atomic E-state index is 0.267. The fraction of sp³-hybridized carbons (Fsp3) is 0.571. The number of halogens is 4. The summed E-state index contributed by atoms with van der Waals surface area (Å²) in [6.07, 6.45) is -2.98. The normalized spacial score (nSPS) is 18.9. The number of nitrogens with two attached hydrogens (primary N) is 1. The Labute approximate surface area is 114 Å². The first-order chi connectivity index (χ1) is 9.34. The maximum atomic E-state index is 13.6. The van der Waals surface area contributed by atoms with Crippen LogP contribution in [0.15, 0.2) is 18.2 Å². The maximum absolute atomic E-state index is 13.6. The number of benzene rings is 1. The molecule has 0 aliphatic heterocycles. The zero-order chi connectivity index (χ0) is 14.9. The summed E-state index contributed by atoms with van der Waals surface area (Å²) in [5, 5.41) is 0. The molecule has 20 heavy (non-hydrogen) atoms. The third kappa shape index (κ3) is 3.30. The standard InChI is InChI=1S/C14H17F4NO/c1-2-20-13(8-3-4-8)12(19)9-5-6-10(11(15)7-9)14(16,17)18/h5-8,12-13H,2-4,19H2,1H3. The predicted octanol–water partition coefficient (Wildman–Crippen LogP) is 3.66. The summed E-state index contributed by atoms with van der Waals surface area (Å²) in [5.74, 6) is -0.980. The van der Waals surface area contributed by atoms with Gasteiger partial charge in [0, 0.05) is 6.61 Å². The fourth-order valence-corrected chi connectivity index (χ4v) is 2.31. The van der Waals surface area contributed by atoms with Gasteiger partial charge >= 0.3 is 6.18 Å². The minimum Gasteiger partial charge on any atom is -0.376 e. The Morgan fingerprint density at radius 3 is 2.45 bits per heavy atom. The van der Waals surface area contributed by atoms with Crippen molar-refractivity contribution in [3.05, 3.63) is 35.1 Å². The van der Waals surface area contributed by atoms with Gasteiger partial charge in [0.15, 0.2) is 0 Å². The molecule has 1 aliphatic carbocycles. The van der Waals surface area contributed by atoms with Crippen molar-refractivity contribution in [2.75, 3.05) is 6.61 Å². The van der Waals surface area contributed by atoms with Gasteiger partial charge in [0.1, 0.15) is 5.82 Å². The summed E-state index contributed by atoms with van der Waals surface area (Å²) in [5.41, 5.74) is 5.08. The van der Waals surface area contributed by atoms with Crippen LogP contribution in [0.25, 0.3) is 0 Å². The van der Waals surface area contributed by atoms with Gasteiger partial charge in [-0.3, -0.25) is 0 Å². The van der Waals surface area contributed by atoms with Crippen molar-refractivity contribution in [2.24, 2.45) is 11.7 Å². The van der Waals surface area contributed by atoms with Crippen LogP contribution in [0.5, 0.6) is 0 Å². The quantitative estimate of drug-likeness (QED) is 0.840. The second kappa shape index (κ2) is 5.69. The first kappa shape index (κ1) is 15.3. The van der Waals surface area contributed by atoms with E-state index in [4.69, 9.17) is 10.5 Å². The van der Waals surface area contributed by atoms with Gasteiger partial charge in [-0.05, 0) is 43.4 Å². The number of hydrogen-bond donors (Lipinski definition) is 1. The average molecular weight is 291 g/mol. The molecule has 2 nitrogen and oxygen atoms in total. The number of alkyl halides is 3. The highest BCUT2D eigenvalue weighted by molar-refractivity contribution is 5.29. The summed E-state index contributed by atoms with van der Waals surface area (Å²) in [4.78, 5) is 0. The molecular weight excluding hydrogens is 274 g/mol. The monoisotopic (exact) mass is 291 g/mol.